The fraction of sp³-hybridized carbons (Fsp3) is 0.0400. The average molecular weight is 509 g/mol. The molecule has 5 nitrogen and oxygen atoms in total. The van der Waals surface area contributed by atoms with Gasteiger partial charge in [-0.2, -0.15) is 0 Å². The Morgan fingerprint density at radius 3 is 1.97 bits per heavy atom. The molecule has 4 aromatic rings. The van der Waals surface area contributed by atoms with Crippen molar-refractivity contribution in [1.82, 2.24) is 0 Å². The Morgan fingerprint density at radius 2 is 1.38 bits per heavy atom. The van der Waals surface area contributed by atoms with Gasteiger partial charge in [-0.3, -0.25) is 0 Å². The molecule has 0 spiro atoms. The smallest absolute Gasteiger partial charge is 0.545 e. The van der Waals surface area contributed by atoms with Crippen LogP contribution in [-0.2, 0) is 6.61 Å². The molecule has 0 amide bonds. The summed E-state index contributed by atoms with van der Waals surface area (Å²) < 4.78 is 6.04. The maximum Gasteiger partial charge on any atom is 1.00 e. The van der Waals surface area contributed by atoms with Crippen LogP contribution >= 0.6 is 22.9 Å². The molecule has 0 aliphatic carbocycles. The van der Waals surface area contributed by atoms with Crippen molar-refractivity contribution in [3.63, 3.8) is 0 Å². The quantitative estimate of drug-likeness (QED) is 0.271. The summed E-state index contributed by atoms with van der Waals surface area (Å²) >= 11 is 7.79. The van der Waals surface area contributed by atoms with E-state index in [9.17, 15) is 19.8 Å². The zero-order chi connectivity index (χ0) is 22.7. The molecule has 160 valence electrons. The molecule has 0 bridgehead atoms. The van der Waals surface area contributed by atoms with E-state index in [1.807, 2.05) is 17.5 Å². The van der Waals surface area contributed by atoms with Gasteiger partial charge in [0.15, 0.2) is 0 Å². The first-order valence-corrected chi connectivity index (χ1v) is 10.8. The van der Waals surface area contributed by atoms with E-state index in [4.69, 9.17) is 16.3 Å². The van der Waals surface area contributed by atoms with Crippen LogP contribution < -0.4 is 74.1 Å². The van der Waals surface area contributed by atoms with Crippen molar-refractivity contribution in [1.29, 1.82) is 0 Å². The Balaban J connectivity index is 0.00000204. The van der Waals surface area contributed by atoms with Crippen molar-refractivity contribution in [3.05, 3.63) is 99.9 Å². The number of rotatable bonds is 7. The van der Waals surface area contributed by atoms with E-state index in [-0.39, 0.29) is 76.8 Å². The monoisotopic (exact) mass is 508 g/mol. The van der Waals surface area contributed by atoms with E-state index in [0.29, 0.717) is 10.8 Å². The molecule has 0 fully saturated rings. The number of carbonyl (C=O) groups is 2. The number of aromatic carboxylic acids is 2. The molecule has 1 aromatic heterocycles. The van der Waals surface area contributed by atoms with E-state index < -0.39 is 11.9 Å². The van der Waals surface area contributed by atoms with Gasteiger partial charge in [0, 0.05) is 21.0 Å². The number of benzene rings is 3. The third-order valence-corrected chi connectivity index (χ3v) is 6.06. The van der Waals surface area contributed by atoms with Crippen LogP contribution in [0.4, 0.5) is 0 Å². The predicted molar refractivity (Wildman–Crippen MR) is 120 cm³/mol. The Bertz CT molecular complexity index is 1290. The van der Waals surface area contributed by atoms with Crippen molar-refractivity contribution in [2.24, 2.45) is 0 Å². The molecule has 4 rings (SSSR count). The van der Waals surface area contributed by atoms with Gasteiger partial charge in [-0.1, -0.05) is 60.1 Å². The normalized spacial score (nSPS) is 10.0. The number of halogens is 1. The van der Waals surface area contributed by atoms with Crippen LogP contribution in [0.2, 0.25) is 5.02 Å². The summed E-state index contributed by atoms with van der Waals surface area (Å²) in [6, 6.07) is 20.1. The molecule has 3 aromatic carbocycles. The summed E-state index contributed by atoms with van der Waals surface area (Å²) in [5, 5.41) is 24.4. The van der Waals surface area contributed by atoms with Crippen LogP contribution in [0, 0.1) is 0 Å². The third-order valence-electron chi connectivity index (χ3n) is 4.86. The fourth-order valence-electron chi connectivity index (χ4n) is 3.24. The Morgan fingerprint density at radius 1 is 0.794 bits per heavy atom. The standard InChI is InChI=1S/C25H17ClO5S.2Na/c26-19-9-10-22(31-14-15-1-3-17(4-2-15)24(27)28)21(13-19)20-11-12-32-23(20)16-5-7-18(8-6-16)25(29)30;;/h1-13H,14H2,(H,27,28)(H,29,30);;/q;2*+1/p-2. The number of carbonyl (C=O) groups excluding carboxylic acids is 2. The van der Waals surface area contributed by atoms with Gasteiger partial charge in [0.2, 0.25) is 0 Å². The van der Waals surface area contributed by atoms with Gasteiger partial charge in [-0.05, 0) is 51.9 Å². The summed E-state index contributed by atoms with van der Waals surface area (Å²) in [5.41, 5.74) is 3.59. The van der Waals surface area contributed by atoms with Crippen LogP contribution in [-0.4, -0.2) is 11.9 Å². The van der Waals surface area contributed by atoms with Gasteiger partial charge < -0.3 is 24.5 Å². The Labute approximate surface area is 249 Å². The summed E-state index contributed by atoms with van der Waals surface area (Å²) in [4.78, 5) is 22.9. The Hall–Kier alpha value is -1.61. The number of hydrogen-bond acceptors (Lipinski definition) is 6. The van der Waals surface area contributed by atoms with E-state index in [0.717, 1.165) is 27.1 Å². The van der Waals surface area contributed by atoms with E-state index in [1.165, 1.54) is 35.6 Å². The zero-order valence-corrected chi connectivity index (χ0v) is 24.1. The topological polar surface area (TPSA) is 89.5 Å². The van der Waals surface area contributed by atoms with Gasteiger partial charge in [0.1, 0.15) is 12.4 Å². The molecule has 0 saturated carbocycles. The maximum absolute atomic E-state index is 11.0. The molecule has 0 radical (unpaired) electrons. The molecule has 0 atom stereocenters. The minimum Gasteiger partial charge on any atom is -0.545 e. The number of hydrogen-bond donors (Lipinski definition) is 0. The van der Waals surface area contributed by atoms with E-state index in [1.54, 1.807) is 36.4 Å². The van der Waals surface area contributed by atoms with Crippen LogP contribution in [0.3, 0.4) is 0 Å². The summed E-state index contributed by atoms with van der Waals surface area (Å²) in [6.07, 6.45) is 0. The van der Waals surface area contributed by atoms with Crippen molar-refractivity contribution < 1.29 is 83.7 Å². The number of thiophene rings is 1. The maximum atomic E-state index is 11.0. The fourth-order valence-corrected chi connectivity index (χ4v) is 4.33. The average Bonchev–Trinajstić information content (AvgIpc) is 3.28. The zero-order valence-electron chi connectivity index (χ0n) is 18.5. The van der Waals surface area contributed by atoms with Crippen LogP contribution in [0.5, 0.6) is 5.75 Å². The van der Waals surface area contributed by atoms with Gasteiger partial charge in [-0.25, -0.2) is 0 Å². The second kappa shape index (κ2) is 12.9. The SMILES string of the molecule is O=C([O-])c1ccc(COc2ccc(Cl)cc2-c2ccsc2-c2ccc(C(=O)[O-])cc2)cc1.[Na+].[Na+]. The molecular formula is C25H15ClNa2O5S. The van der Waals surface area contributed by atoms with Crippen molar-refractivity contribution >= 4 is 34.9 Å². The first kappa shape index (κ1) is 28.6. The molecule has 1 heterocycles. The van der Waals surface area contributed by atoms with E-state index >= 15 is 0 Å². The van der Waals surface area contributed by atoms with Gasteiger partial charge >= 0.3 is 59.1 Å². The number of ether oxygens (including phenoxy) is 1. The molecule has 0 N–H and O–H groups in total. The molecule has 0 aliphatic heterocycles. The summed E-state index contributed by atoms with van der Waals surface area (Å²) in [7, 11) is 0. The molecule has 0 saturated heterocycles. The minimum absolute atomic E-state index is 0. The van der Waals surface area contributed by atoms with Gasteiger partial charge in [0.05, 0.1) is 11.9 Å². The molecule has 34 heavy (non-hydrogen) atoms. The van der Waals surface area contributed by atoms with Crippen LogP contribution in [0.15, 0.2) is 78.2 Å². The largest absolute Gasteiger partial charge is 1.00 e. The third kappa shape index (κ3) is 6.74. The van der Waals surface area contributed by atoms with Gasteiger partial charge in [-0.15, -0.1) is 11.3 Å². The van der Waals surface area contributed by atoms with Crippen molar-refractivity contribution in [3.8, 4) is 27.3 Å². The predicted octanol–water partition coefficient (Wildman–Crippen LogP) is -1.95. The second-order valence-corrected chi connectivity index (χ2v) is 8.29. The van der Waals surface area contributed by atoms with Crippen LogP contribution in [0.1, 0.15) is 26.3 Å². The van der Waals surface area contributed by atoms with Crippen LogP contribution in [0.25, 0.3) is 21.6 Å². The Kier molecular flexibility index (Phi) is 10.9. The molecule has 0 aliphatic rings. The van der Waals surface area contributed by atoms with E-state index in [2.05, 4.69) is 0 Å². The number of carboxylic acids is 2. The first-order valence-electron chi connectivity index (χ1n) is 9.54. The summed E-state index contributed by atoms with van der Waals surface area (Å²) in [6.45, 7) is 0.238. The first-order chi connectivity index (χ1) is 15.4. The number of carboxylic acid groups (broad SMARTS) is 2. The molecule has 9 heteroatoms. The minimum atomic E-state index is -1.23. The molecular weight excluding hydrogens is 494 g/mol. The van der Waals surface area contributed by atoms with Gasteiger partial charge in [0.25, 0.3) is 0 Å². The second-order valence-electron chi connectivity index (χ2n) is 6.94. The summed E-state index contributed by atoms with van der Waals surface area (Å²) in [5.74, 6) is -1.83. The van der Waals surface area contributed by atoms with Crippen molar-refractivity contribution in [2.75, 3.05) is 0 Å². The van der Waals surface area contributed by atoms with Crippen molar-refractivity contribution in [2.45, 2.75) is 6.61 Å². The molecule has 0 unspecified atom stereocenters.